The lowest BCUT2D eigenvalue weighted by Gasteiger charge is -2.21. The van der Waals surface area contributed by atoms with Crippen molar-refractivity contribution in [1.82, 2.24) is 4.57 Å². The van der Waals surface area contributed by atoms with Gasteiger partial charge in [0.15, 0.2) is 6.04 Å². The Morgan fingerprint density at radius 1 is 1.18 bits per heavy atom. The fourth-order valence-corrected chi connectivity index (χ4v) is 5.68. The molecule has 1 atom stereocenters. The number of nitrogens with one attached hydrogen (secondary N) is 1. The minimum absolute atomic E-state index is 0.199. The summed E-state index contributed by atoms with van der Waals surface area (Å²) in [5, 5.41) is 3.07. The van der Waals surface area contributed by atoms with E-state index in [0.29, 0.717) is 54.7 Å². The monoisotopic (exact) mass is 544 g/mol. The molecule has 1 N–H and O–H groups in total. The van der Waals surface area contributed by atoms with E-state index in [1.54, 1.807) is 61.9 Å². The molecule has 3 heterocycles. The number of para-hydroxylation sites is 1. The van der Waals surface area contributed by atoms with Crippen LogP contribution in [-0.2, 0) is 9.53 Å². The van der Waals surface area contributed by atoms with Crippen LogP contribution in [0.1, 0.15) is 36.8 Å². The number of thiazole rings is 1. The highest BCUT2D eigenvalue weighted by Crippen LogP contribution is 2.34. The van der Waals surface area contributed by atoms with Crippen molar-refractivity contribution in [3.8, 4) is 17.1 Å². The molecule has 0 radical (unpaired) electrons. The number of aryl methyl sites for hydroxylation is 1. The van der Waals surface area contributed by atoms with Crippen LogP contribution in [0.5, 0.6) is 5.75 Å². The average Bonchev–Trinajstić information content (AvgIpc) is 3.52. The molecule has 198 valence electrons. The Morgan fingerprint density at radius 3 is 2.72 bits per heavy atom. The van der Waals surface area contributed by atoms with Gasteiger partial charge in [0.1, 0.15) is 38.8 Å². The first-order valence-corrected chi connectivity index (χ1v) is 13.1. The number of furan rings is 1. The van der Waals surface area contributed by atoms with Crippen molar-refractivity contribution in [2.24, 2.45) is 5.18 Å². The second kappa shape index (κ2) is 10.7. The number of methoxy groups -OCH3 is 1. The Bertz CT molecular complexity index is 1810. The molecule has 5 rings (SSSR count). The molecule has 0 spiro atoms. The summed E-state index contributed by atoms with van der Waals surface area (Å²) in [6.45, 7) is 5.53. The summed E-state index contributed by atoms with van der Waals surface area (Å²) < 4.78 is 18.9. The van der Waals surface area contributed by atoms with Crippen molar-refractivity contribution in [3.63, 3.8) is 0 Å². The molecule has 0 amide bonds. The van der Waals surface area contributed by atoms with E-state index in [4.69, 9.17) is 13.9 Å². The van der Waals surface area contributed by atoms with Crippen molar-refractivity contribution in [3.05, 3.63) is 107 Å². The first-order chi connectivity index (χ1) is 18.9. The maximum Gasteiger partial charge on any atom is 0.353 e. The van der Waals surface area contributed by atoms with Crippen molar-refractivity contribution in [2.75, 3.05) is 13.7 Å². The molecule has 2 aromatic carbocycles. The smallest absolute Gasteiger partial charge is 0.353 e. The zero-order chi connectivity index (χ0) is 27.7. The molecule has 4 aromatic rings. The highest BCUT2D eigenvalue weighted by atomic mass is 32.1. The molecule has 0 bridgehead atoms. The Kier molecular flexibility index (Phi) is 7.12. The fraction of sp³-hybridized carbons (Fsp3) is 0.207. The second-order valence-electron chi connectivity index (χ2n) is 8.91. The van der Waals surface area contributed by atoms with Gasteiger partial charge in [-0.3, -0.25) is 0 Å². The third-order valence-electron chi connectivity index (χ3n) is 6.51. The van der Waals surface area contributed by atoms with Gasteiger partial charge in [-0.1, -0.05) is 30.3 Å². The van der Waals surface area contributed by atoms with Crippen LogP contribution in [0.15, 0.2) is 80.3 Å². The van der Waals surface area contributed by atoms with Gasteiger partial charge in [-0.05, 0) is 67.1 Å². The number of nitroso groups, excluding NO2 is 1. The first kappa shape index (κ1) is 26.1. The molecular weight excluding hydrogens is 518 g/mol. The summed E-state index contributed by atoms with van der Waals surface area (Å²) >= 11 is 1.25. The summed E-state index contributed by atoms with van der Waals surface area (Å²) in [6.07, 6.45) is 1.66. The van der Waals surface area contributed by atoms with Gasteiger partial charge in [0, 0.05) is 17.2 Å². The van der Waals surface area contributed by atoms with Crippen molar-refractivity contribution >= 4 is 29.1 Å². The van der Waals surface area contributed by atoms with Crippen LogP contribution < -0.4 is 24.6 Å². The van der Waals surface area contributed by atoms with E-state index in [0.717, 1.165) is 5.56 Å². The number of esters is 1. The number of aromatic nitrogens is 1. The number of nitrogens with zero attached hydrogens (tertiary/aromatic N) is 2. The third-order valence-corrected chi connectivity index (χ3v) is 7.51. The van der Waals surface area contributed by atoms with Crippen molar-refractivity contribution < 1.29 is 23.7 Å². The molecule has 1 aliphatic rings. The van der Waals surface area contributed by atoms with E-state index in [-0.39, 0.29) is 12.2 Å². The SMILES string of the molecule is CCOC(=O)C1=C(C)[NH+]=c2s/c(=C/c3ccc(-c4ccc(C)c(N=O)c4)o3)c(=O)n2C1c1ccccc1OC. The summed E-state index contributed by atoms with van der Waals surface area (Å²) in [4.78, 5) is 41.8. The molecule has 1 unspecified atom stereocenters. The number of ether oxygens (including phenoxy) is 2. The van der Waals surface area contributed by atoms with Gasteiger partial charge in [-0.15, -0.1) is 4.91 Å². The number of carbonyl (C=O) groups is 1. The quantitative estimate of drug-likeness (QED) is 0.283. The number of benzene rings is 2. The zero-order valence-electron chi connectivity index (χ0n) is 21.8. The predicted octanol–water partition coefficient (Wildman–Crippen LogP) is 2.85. The normalized spacial score (nSPS) is 15.1. The van der Waals surface area contributed by atoms with Gasteiger partial charge in [-0.2, -0.15) is 4.57 Å². The highest BCUT2D eigenvalue weighted by Gasteiger charge is 2.40. The molecule has 39 heavy (non-hydrogen) atoms. The molecule has 1 aliphatic heterocycles. The predicted molar refractivity (Wildman–Crippen MR) is 146 cm³/mol. The fourth-order valence-electron chi connectivity index (χ4n) is 4.62. The zero-order valence-corrected chi connectivity index (χ0v) is 22.6. The van der Waals surface area contributed by atoms with Gasteiger partial charge >= 0.3 is 16.3 Å². The summed E-state index contributed by atoms with van der Waals surface area (Å²) in [5.41, 5.74) is 3.11. The minimum Gasteiger partial charge on any atom is -0.496 e. The van der Waals surface area contributed by atoms with Crippen LogP contribution in [-0.4, -0.2) is 24.3 Å². The largest absolute Gasteiger partial charge is 0.496 e. The summed E-state index contributed by atoms with van der Waals surface area (Å²) in [6, 6.07) is 15.4. The molecule has 10 heteroatoms. The standard InChI is InChI=1S/C29H25N3O6S/c1-5-37-28(34)25-17(3)30-29-32(26(25)20-8-6-7-9-23(20)36-4)27(33)24(39-29)15-19-12-13-22(38-19)18-11-10-16(2)21(14-18)31-35/h6-15,26H,5H2,1-4H3/p+1/b24-15+. The summed E-state index contributed by atoms with van der Waals surface area (Å²) in [5.74, 6) is 1.04. The average molecular weight is 545 g/mol. The molecule has 0 saturated carbocycles. The highest BCUT2D eigenvalue weighted by molar-refractivity contribution is 7.06. The Balaban J connectivity index is 1.64. The van der Waals surface area contributed by atoms with E-state index >= 15 is 0 Å². The number of fused-ring (bicyclic) bond motifs is 1. The van der Waals surface area contributed by atoms with Gasteiger partial charge in [0.05, 0.1) is 13.7 Å². The van der Waals surface area contributed by atoms with Crippen LogP contribution >= 0.6 is 11.3 Å². The number of allylic oxidation sites excluding steroid dienone is 1. The molecule has 0 saturated heterocycles. The van der Waals surface area contributed by atoms with Gasteiger partial charge in [0.25, 0.3) is 0 Å². The number of hydrogen-bond acceptors (Lipinski definition) is 8. The molecular formula is C29H26N3O6S+. The topological polar surface area (TPSA) is 114 Å². The number of rotatable bonds is 7. The van der Waals surface area contributed by atoms with E-state index in [9.17, 15) is 14.5 Å². The molecule has 9 nitrogen and oxygen atoms in total. The van der Waals surface area contributed by atoms with Gasteiger partial charge in [0.2, 0.25) is 0 Å². The molecule has 2 aromatic heterocycles. The van der Waals surface area contributed by atoms with Crippen LogP contribution in [0.4, 0.5) is 5.69 Å². The minimum atomic E-state index is -0.753. The lowest BCUT2D eigenvalue weighted by Crippen LogP contribution is -2.78. The second-order valence-corrected chi connectivity index (χ2v) is 9.94. The van der Waals surface area contributed by atoms with Gasteiger partial charge in [-0.25, -0.2) is 14.6 Å². The van der Waals surface area contributed by atoms with Crippen LogP contribution in [0.2, 0.25) is 0 Å². The van der Waals surface area contributed by atoms with Crippen LogP contribution in [0.25, 0.3) is 17.4 Å². The first-order valence-electron chi connectivity index (χ1n) is 12.3. The Hall–Kier alpha value is -4.57. The van der Waals surface area contributed by atoms with Gasteiger partial charge < -0.3 is 13.9 Å². The third kappa shape index (κ3) is 4.74. The van der Waals surface area contributed by atoms with E-state index in [2.05, 4.69) is 10.2 Å². The van der Waals surface area contributed by atoms with Crippen molar-refractivity contribution in [2.45, 2.75) is 26.8 Å². The molecule has 0 aliphatic carbocycles. The van der Waals surface area contributed by atoms with E-state index < -0.39 is 12.0 Å². The number of hydrogen-bond donors (Lipinski definition) is 1. The lowest BCUT2D eigenvalue weighted by molar-refractivity contribution is -0.449. The summed E-state index contributed by atoms with van der Waals surface area (Å²) in [7, 11) is 1.55. The van der Waals surface area contributed by atoms with Crippen LogP contribution in [0, 0.1) is 11.8 Å². The van der Waals surface area contributed by atoms with Crippen LogP contribution in [0.3, 0.4) is 0 Å². The Labute approximate surface area is 227 Å². The maximum absolute atomic E-state index is 13.8. The van der Waals surface area contributed by atoms with E-state index in [1.165, 1.54) is 11.3 Å². The van der Waals surface area contributed by atoms with E-state index in [1.807, 2.05) is 31.2 Å². The maximum atomic E-state index is 13.8. The lowest BCUT2D eigenvalue weighted by atomic mass is 9.95. The molecule has 0 fully saturated rings. The number of carbonyl (C=O) groups excluding carboxylic acids is 1. The van der Waals surface area contributed by atoms with Crippen molar-refractivity contribution in [1.29, 1.82) is 0 Å². The Morgan fingerprint density at radius 2 is 1.97 bits per heavy atom.